The molecule has 0 fully saturated rings. The van der Waals surface area contributed by atoms with Crippen LogP contribution in [-0.2, 0) is 17.6 Å². The number of anilines is 1. The number of nitrogens with zero attached hydrogens (tertiary/aromatic N) is 1. The summed E-state index contributed by atoms with van der Waals surface area (Å²) in [5.74, 6) is 1.33. The fourth-order valence-electron chi connectivity index (χ4n) is 3.90. The smallest absolute Gasteiger partial charge is 0.280 e. The molecule has 1 aliphatic rings. The Kier molecular flexibility index (Phi) is 5.79. The molecule has 6 heteroatoms. The Morgan fingerprint density at radius 3 is 2.90 bits per heavy atom. The van der Waals surface area contributed by atoms with Crippen LogP contribution in [-0.4, -0.2) is 12.5 Å². The Balaban J connectivity index is 1.47. The number of fused-ring (bicyclic) bond motifs is 1. The summed E-state index contributed by atoms with van der Waals surface area (Å²) in [5.41, 5.74) is 2.86. The molecule has 4 rings (SSSR count). The predicted octanol–water partition coefficient (Wildman–Crippen LogP) is 3.63. The third-order valence-corrected chi connectivity index (χ3v) is 6.59. The molecule has 3 aromatic rings. The first-order valence-electron chi connectivity index (χ1n) is 9.92. The van der Waals surface area contributed by atoms with Gasteiger partial charge in [-0.3, -0.25) is 4.79 Å². The van der Waals surface area contributed by atoms with Crippen LogP contribution >= 0.6 is 11.3 Å². The highest BCUT2D eigenvalue weighted by atomic mass is 32.1. The number of rotatable bonds is 6. The van der Waals surface area contributed by atoms with Gasteiger partial charge >= 0.3 is 0 Å². The zero-order chi connectivity index (χ0) is 20.2. The molecule has 5 nitrogen and oxygen atoms in total. The molecule has 2 aromatic heterocycles. The van der Waals surface area contributed by atoms with Gasteiger partial charge in [0.25, 0.3) is 5.91 Å². The second-order valence-electron chi connectivity index (χ2n) is 7.56. The first-order valence-corrected chi connectivity index (χ1v) is 10.7. The summed E-state index contributed by atoms with van der Waals surface area (Å²) in [6, 6.07) is 16.0. The van der Waals surface area contributed by atoms with Crippen LogP contribution in [0.25, 0.3) is 0 Å². The molecule has 0 radical (unpaired) electrons. The standard InChI is InChI=1S/C23H23N3O2S/c1-15-9-10-17-18(13-24)23(29-20(17)12-15)26-21(27)14-25-22(19-8-5-11-28-19)16-6-3-2-4-7-16/h2-8,11,15,22,25H,9-10,12,14H2,1H3,(H,26,27)/p+1/t15-,22-/m0/s1. The lowest BCUT2D eigenvalue weighted by molar-refractivity contribution is -0.678. The van der Waals surface area contributed by atoms with E-state index in [0.717, 1.165) is 36.1 Å². The molecule has 148 valence electrons. The van der Waals surface area contributed by atoms with Crippen molar-refractivity contribution in [3.05, 3.63) is 76.1 Å². The number of carbonyl (C=O) groups excluding carboxylic acids is 1. The van der Waals surface area contributed by atoms with E-state index in [1.807, 2.05) is 47.8 Å². The predicted molar refractivity (Wildman–Crippen MR) is 113 cm³/mol. The number of furan rings is 1. The van der Waals surface area contributed by atoms with E-state index in [1.165, 1.54) is 4.88 Å². The summed E-state index contributed by atoms with van der Waals surface area (Å²) in [7, 11) is 0. The van der Waals surface area contributed by atoms with Crippen molar-refractivity contribution in [1.82, 2.24) is 0 Å². The van der Waals surface area contributed by atoms with Crippen LogP contribution in [0.2, 0.25) is 0 Å². The van der Waals surface area contributed by atoms with Crippen molar-refractivity contribution in [3.8, 4) is 6.07 Å². The van der Waals surface area contributed by atoms with E-state index >= 15 is 0 Å². The number of hydrogen-bond acceptors (Lipinski definition) is 4. The summed E-state index contributed by atoms with van der Waals surface area (Å²) in [6.45, 7) is 2.48. The first-order chi connectivity index (χ1) is 14.2. The lowest BCUT2D eigenvalue weighted by atomic mass is 9.89. The molecule has 2 heterocycles. The van der Waals surface area contributed by atoms with Crippen molar-refractivity contribution < 1.29 is 14.5 Å². The first kappa shape index (κ1) is 19.4. The van der Waals surface area contributed by atoms with Gasteiger partial charge in [0, 0.05) is 10.4 Å². The number of carbonyl (C=O) groups is 1. The monoisotopic (exact) mass is 406 g/mol. The van der Waals surface area contributed by atoms with Gasteiger partial charge in [-0.1, -0.05) is 37.3 Å². The third-order valence-electron chi connectivity index (χ3n) is 5.42. The van der Waals surface area contributed by atoms with Gasteiger partial charge in [0.2, 0.25) is 0 Å². The summed E-state index contributed by atoms with van der Waals surface area (Å²) >= 11 is 1.56. The quantitative estimate of drug-likeness (QED) is 0.656. The van der Waals surface area contributed by atoms with Crippen LogP contribution in [0.15, 0.2) is 53.1 Å². The molecule has 0 spiro atoms. The van der Waals surface area contributed by atoms with E-state index in [-0.39, 0.29) is 18.5 Å². The van der Waals surface area contributed by atoms with Crippen LogP contribution < -0.4 is 10.6 Å². The Labute approximate surface area is 174 Å². The molecule has 1 amide bonds. The maximum absolute atomic E-state index is 12.7. The molecule has 0 saturated heterocycles. The van der Waals surface area contributed by atoms with Crippen molar-refractivity contribution in [2.75, 3.05) is 11.9 Å². The maximum atomic E-state index is 12.7. The topological polar surface area (TPSA) is 82.6 Å². The van der Waals surface area contributed by atoms with E-state index < -0.39 is 0 Å². The van der Waals surface area contributed by atoms with Crippen LogP contribution in [0.5, 0.6) is 0 Å². The molecular formula is C23H24N3O2S+. The molecule has 0 bridgehead atoms. The van der Waals surface area contributed by atoms with Gasteiger partial charge in [-0.25, -0.2) is 0 Å². The van der Waals surface area contributed by atoms with Gasteiger partial charge in [0.05, 0.1) is 11.8 Å². The fraction of sp³-hybridized carbons (Fsp3) is 0.304. The third kappa shape index (κ3) is 4.26. The van der Waals surface area contributed by atoms with Gasteiger partial charge in [-0.15, -0.1) is 11.3 Å². The number of amides is 1. The highest BCUT2D eigenvalue weighted by Gasteiger charge is 2.26. The largest absolute Gasteiger partial charge is 0.463 e. The molecule has 0 unspecified atom stereocenters. The number of thiophene rings is 1. The Morgan fingerprint density at radius 2 is 2.17 bits per heavy atom. The highest BCUT2D eigenvalue weighted by Crippen LogP contribution is 2.39. The average molecular weight is 407 g/mol. The summed E-state index contributed by atoms with van der Waals surface area (Å²) in [6.07, 6.45) is 4.66. The number of hydrogen-bond donors (Lipinski definition) is 2. The van der Waals surface area contributed by atoms with Crippen LogP contribution in [0.1, 0.15) is 46.7 Å². The second-order valence-corrected chi connectivity index (χ2v) is 8.66. The molecule has 0 aliphatic heterocycles. The summed E-state index contributed by atoms with van der Waals surface area (Å²) in [4.78, 5) is 13.9. The van der Waals surface area contributed by atoms with Crippen molar-refractivity contribution in [2.24, 2.45) is 5.92 Å². The number of nitriles is 1. The minimum Gasteiger partial charge on any atom is -0.463 e. The maximum Gasteiger partial charge on any atom is 0.280 e. The van der Waals surface area contributed by atoms with Crippen molar-refractivity contribution in [1.29, 1.82) is 5.26 Å². The van der Waals surface area contributed by atoms with Crippen molar-refractivity contribution in [3.63, 3.8) is 0 Å². The van der Waals surface area contributed by atoms with Gasteiger partial charge in [-0.05, 0) is 42.9 Å². The summed E-state index contributed by atoms with van der Waals surface area (Å²) in [5, 5.41) is 15.3. The Morgan fingerprint density at radius 1 is 1.34 bits per heavy atom. The van der Waals surface area contributed by atoms with Gasteiger partial charge in [0.15, 0.2) is 18.3 Å². The van der Waals surface area contributed by atoms with E-state index in [4.69, 9.17) is 4.42 Å². The number of nitrogens with two attached hydrogens (primary N) is 1. The van der Waals surface area contributed by atoms with Crippen LogP contribution in [0, 0.1) is 17.2 Å². The summed E-state index contributed by atoms with van der Waals surface area (Å²) < 4.78 is 5.60. The SMILES string of the molecule is C[C@H]1CCc2c(sc(NC(=O)C[NH2+][C@@H](c3ccccc3)c3ccco3)c2C#N)C1. The Bertz CT molecular complexity index is 1020. The van der Waals surface area contributed by atoms with E-state index in [1.54, 1.807) is 17.6 Å². The van der Waals surface area contributed by atoms with E-state index in [0.29, 0.717) is 16.5 Å². The van der Waals surface area contributed by atoms with Gasteiger partial charge in [-0.2, -0.15) is 5.26 Å². The molecule has 29 heavy (non-hydrogen) atoms. The van der Waals surface area contributed by atoms with Crippen LogP contribution in [0.4, 0.5) is 5.00 Å². The number of benzene rings is 1. The molecule has 0 saturated carbocycles. The van der Waals surface area contributed by atoms with Crippen molar-refractivity contribution in [2.45, 2.75) is 32.2 Å². The molecule has 1 aromatic carbocycles. The molecular weight excluding hydrogens is 382 g/mol. The van der Waals surface area contributed by atoms with E-state index in [2.05, 4.69) is 18.3 Å². The molecule has 2 atom stereocenters. The Hall–Kier alpha value is -2.88. The second kappa shape index (κ2) is 8.64. The number of quaternary nitrogens is 1. The number of nitrogens with one attached hydrogen (secondary N) is 1. The van der Waals surface area contributed by atoms with Crippen molar-refractivity contribution >= 4 is 22.2 Å². The minimum absolute atomic E-state index is 0.0928. The van der Waals surface area contributed by atoms with Gasteiger partial charge in [0.1, 0.15) is 11.1 Å². The average Bonchev–Trinajstić information content (AvgIpc) is 3.36. The normalized spacial score (nSPS) is 16.6. The minimum atomic E-state index is -0.111. The zero-order valence-electron chi connectivity index (χ0n) is 16.4. The van der Waals surface area contributed by atoms with E-state index in [9.17, 15) is 10.1 Å². The lowest BCUT2D eigenvalue weighted by Crippen LogP contribution is -2.87. The molecule has 3 N–H and O–H groups in total. The van der Waals surface area contributed by atoms with Gasteiger partial charge < -0.3 is 15.1 Å². The highest BCUT2D eigenvalue weighted by molar-refractivity contribution is 7.16. The lowest BCUT2D eigenvalue weighted by Gasteiger charge is -2.17. The zero-order valence-corrected chi connectivity index (χ0v) is 17.2. The fourth-order valence-corrected chi connectivity index (χ4v) is 5.28. The molecule has 1 aliphatic carbocycles. The van der Waals surface area contributed by atoms with Crippen LogP contribution in [0.3, 0.4) is 0 Å².